The Hall–Kier alpha value is -3.20. The summed E-state index contributed by atoms with van der Waals surface area (Å²) >= 11 is 1.28. The summed E-state index contributed by atoms with van der Waals surface area (Å²) in [7, 11) is 0. The Kier molecular flexibility index (Phi) is 4.38. The van der Waals surface area contributed by atoms with E-state index in [4.69, 9.17) is 0 Å². The van der Waals surface area contributed by atoms with Crippen LogP contribution < -0.4 is 10.1 Å². The second-order valence-electron chi connectivity index (χ2n) is 5.97. The minimum absolute atomic E-state index is 0.00931. The van der Waals surface area contributed by atoms with Crippen molar-refractivity contribution in [1.29, 1.82) is 0 Å². The number of benzene rings is 2. The van der Waals surface area contributed by atoms with Gasteiger partial charge in [0.2, 0.25) is 0 Å². The summed E-state index contributed by atoms with van der Waals surface area (Å²) in [6.07, 6.45) is -1.49. The number of thiazole rings is 1. The number of halogens is 3. The first-order valence-corrected chi connectivity index (χ1v) is 8.93. The monoisotopic (exact) mass is 403 g/mol. The van der Waals surface area contributed by atoms with Gasteiger partial charge in [0.25, 0.3) is 0 Å². The first kappa shape index (κ1) is 18.2. The number of anilines is 2. The van der Waals surface area contributed by atoms with Gasteiger partial charge in [-0.3, -0.25) is 9.78 Å². The molecular weight excluding hydrogens is 391 g/mol. The number of fused-ring (bicyclic) bond motifs is 3. The molecule has 0 bridgehead atoms. The third-order valence-corrected chi connectivity index (χ3v) is 4.96. The Morgan fingerprint density at radius 3 is 2.75 bits per heavy atom. The van der Waals surface area contributed by atoms with Gasteiger partial charge in [-0.2, -0.15) is 0 Å². The zero-order valence-electron chi connectivity index (χ0n) is 14.4. The van der Waals surface area contributed by atoms with E-state index in [9.17, 15) is 18.0 Å². The van der Waals surface area contributed by atoms with E-state index in [0.717, 1.165) is 21.5 Å². The molecule has 0 fully saturated rings. The predicted molar refractivity (Wildman–Crippen MR) is 101 cm³/mol. The number of carbonyl (C=O) groups is 1. The molecule has 0 atom stereocenters. The fourth-order valence-electron chi connectivity index (χ4n) is 2.79. The van der Waals surface area contributed by atoms with Crippen LogP contribution in [0, 0.1) is 0 Å². The van der Waals surface area contributed by atoms with Crippen LogP contribution in [0.15, 0.2) is 48.8 Å². The number of hydrogen-bond acceptors (Lipinski definition) is 6. The van der Waals surface area contributed by atoms with E-state index in [0.29, 0.717) is 10.6 Å². The quantitative estimate of drug-likeness (QED) is 0.444. The molecule has 0 aliphatic heterocycles. The lowest BCUT2D eigenvalue weighted by molar-refractivity contribution is -0.274. The maximum absolute atomic E-state index is 12.7. The molecule has 28 heavy (non-hydrogen) atoms. The summed E-state index contributed by atoms with van der Waals surface area (Å²) in [6.45, 7) is 1.33. The molecule has 0 unspecified atom stereocenters. The average Bonchev–Trinajstić information content (AvgIpc) is 3.05. The molecule has 4 aromatic rings. The molecule has 2 aromatic heterocycles. The standard InChI is InChI=1S/C19H12F3N3O2S/c1-10(26)11-2-4-15(27-19(20,21)22)14(8-11)24-18-25-17-13-6-7-23-9-12(13)3-5-16(17)28-18/h2-9H,1H3,(H,24,25). The Morgan fingerprint density at radius 1 is 1.18 bits per heavy atom. The molecule has 1 N–H and O–H groups in total. The number of carbonyl (C=O) groups excluding carboxylic acids is 1. The molecule has 0 spiro atoms. The van der Waals surface area contributed by atoms with E-state index in [2.05, 4.69) is 20.0 Å². The molecule has 0 aliphatic carbocycles. The van der Waals surface area contributed by atoms with Crippen LogP contribution in [-0.4, -0.2) is 22.1 Å². The first-order chi connectivity index (χ1) is 13.3. The van der Waals surface area contributed by atoms with Crippen LogP contribution in [-0.2, 0) is 0 Å². The van der Waals surface area contributed by atoms with Crippen molar-refractivity contribution < 1.29 is 22.7 Å². The van der Waals surface area contributed by atoms with Crippen molar-refractivity contribution in [2.24, 2.45) is 0 Å². The highest BCUT2D eigenvalue weighted by Gasteiger charge is 2.32. The lowest BCUT2D eigenvalue weighted by Crippen LogP contribution is -2.18. The van der Waals surface area contributed by atoms with Crippen LogP contribution in [0.1, 0.15) is 17.3 Å². The molecule has 0 saturated heterocycles. The predicted octanol–water partition coefficient (Wildman–Crippen LogP) is 5.69. The SMILES string of the molecule is CC(=O)c1ccc(OC(F)(F)F)c(Nc2nc3c(ccc4cnccc43)s2)c1. The van der Waals surface area contributed by atoms with Crippen LogP contribution in [0.5, 0.6) is 5.75 Å². The summed E-state index contributed by atoms with van der Waals surface area (Å²) in [6, 6.07) is 9.32. The fourth-order valence-corrected chi connectivity index (χ4v) is 3.68. The highest BCUT2D eigenvalue weighted by Crippen LogP contribution is 2.37. The number of nitrogens with one attached hydrogen (secondary N) is 1. The van der Waals surface area contributed by atoms with Crippen LogP contribution in [0.25, 0.3) is 21.0 Å². The van der Waals surface area contributed by atoms with Crippen LogP contribution in [0.3, 0.4) is 0 Å². The van der Waals surface area contributed by atoms with Crippen LogP contribution >= 0.6 is 11.3 Å². The number of pyridine rings is 1. The Morgan fingerprint density at radius 2 is 2.00 bits per heavy atom. The van der Waals surface area contributed by atoms with E-state index in [1.54, 1.807) is 12.4 Å². The number of rotatable bonds is 4. The van der Waals surface area contributed by atoms with E-state index in [-0.39, 0.29) is 17.0 Å². The first-order valence-electron chi connectivity index (χ1n) is 8.11. The number of nitrogens with zero attached hydrogens (tertiary/aromatic N) is 2. The topological polar surface area (TPSA) is 64.1 Å². The van der Waals surface area contributed by atoms with E-state index < -0.39 is 12.1 Å². The Bertz CT molecular complexity index is 1200. The fraction of sp³-hybridized carbons (Fsp3) is 0.105. The highest BCUT2D eigenvalue weighted by molar-refractivity contribution is 7.22. The van der Waals surface area contributed by atoms with Crippen molar-refractivity contribution in [3.63, 3.8) is 0 Å². The smallest absolute Gasteiger partial charge is 0.404 e. The Labute approximate surface area is 160 Å². The number of ketones is 1. The number of hydrogen-bond donors (Lipinski definition) is 1. The molecule has 2 heterocycles. The molecule has 9 heteroatoms. The van der Waals surface area contributed by atoms with Crippen molar-refractivity contribution in [3.05, 3.63) is 54.4 Å². The van der Waals surface area contributed by atoms with Gasteiger partial charge in [-0.15, -0.1) is 13.2 Å². The molecular formula is C19H12F3N3O2S. The largest absolute Gasteiger partial charge is 0.573 e. The van der Waals surface area contributed by atoms with Gasteiger partial charge in [0, 0.05) is 28.7 Å². The Balaban J connectivity index is 1.78. The van der Waals surface area contributed by atoms with Gasteiger partial charge >= 0.3 is 6.36 Å². The maximum atomic E-state index is 12.7. The summed E-state index contributed by atoms with van der Waals surface area (Å²) in [5.41, 5.74) is 0.984. The molecule has 0 amide bonds. The lowest BCUT2D eigenvalue weighted by Gasteiger charge is -2.14. The number of alkyl halides is 3. The molecule has 142 valence electrons. The van der Waals surface area contributed by atoms with Crippen molar-refractivity contribution in [2.75, 3.05) is 5.32 Å². The lowest BCUT2D eigenvalue weighted by atomic mass is 10.1. The molecule has 2 aromatic carbocycles. The summed E-state index contributed by atoms with van der Waals surface area (Å²) in [5.74, 6) is -0.713. The zero-order chi connectivity index (χ0) is 19.9. The van der Waals surface area contributed by atoms with E-state index in [1.807, 2.05) is 18.2 Å². The highest BCUT2D eigenvalue weighted by atomic mass is 32.1. The number of aromatic nitrogens is 2. The number of Topliss-reactive ketones (excluding diaryl/α,β-unsaturated/α-hetero) is 1. The minimum Gasteiger partial charge on any atom is -0.404 e. The van der Waals surface area contributed by atoms with Crippen molar-refractivity contribution in [1.82, 2.24) is 9.97 Å². The second kappa shape index (κ2) is 6.75. The van der Waals surface area contributed by atoms with Gasteiger partial charge in [0.1, 0.15) is 0 Å². The van der Waals surface area contributed by atoms with Gasteiger partial charge in [-0.25, -0.2) is 4.98 Å². The summed E-state index contributed by atoms with van der Waals surface area (Å²) in [4.78, 5) is 20.2. The zero-order valence-corrected chi connectivity index (χ0v) is 15.2. The van der Waals surface area contributed by atoms with Crippen molar-refractivity contribution in [3.8, 4) is 5.75 Å². The molecule has 0 aliphatic rings. The van der Waals surface area contributed by atoms with Gasteiger partial charge < -0.3 is 10.1 Å². The van der Waals surface area contributed by atoms with Gasteiger partial charge in [0.15, 0.2) is 16.7 Å². The summed E-state index contributed by atoms with van der Waals surface area (Å²) in [5, 5.41) is 5.04. The van der Waals surface area contributed by atoms with Crippen molar-refractivity contribution in [2.45, 2.75) is 13.3 Å². The van der Waals surface area contributed by atoms with Crippen LogP contribution in [0.4, 0.5) is 24.0 Å². The maximum Gasteiger partial charge on any atom is 0.573 e. The minimum atomic E-state index is -4.86. The van der Waals surface area contributed by atoms with E-state index >= 15 is 0 Å². The van der Waals surface area contributed by atoms with Gasteiger partial charge in [-0.1, -0.05) is 17.4 Å². The summed E-state index contributed by atoms with van der Waals surface area (Å²) < 4.78 is 43.1. The molecule has 4 rings (SSSR count). The van der Waals surface area contributed by atoms with Gasteiger partial charge in [0.05, 0.1) is 15.9 Å². The third-order valence-electron chi connectivity index (χ3n) is 4.03. The molecule has 0 saturated carbocycles. The normalized spacial score (nSPS) is 11.7. The average molecular weight is 403 g/mol. The number of ether oxygens (including phenoxy) is 1. The third kappa shape index (κ3) is 3.61. The van der Waals surface area contributed by atoms with Crippen LogP contribution in [0.2, 0.25) is 0 Å². The van der Waals surface area contributed by atoms with E-state index in [1.165, 1.54) is 30.4 Å². The molecule has 0 radical (unpaired) electrons. The second-order valence-corrected chi connectivity index (χ2v) is 7.00. The van der Waals surface area contributed by atoms with Crippen molar-refractivity contribution >= 4 is 48.9 Å². The van der Waals surface area contributed by atoms with Gasteiger partial charge in [-0.05, 0) is 37.3 Å². The molecule has 5 nitrogen and oxygen atoms in total.